The number of thiophene rings is 1. The summed E-state index contributed by atoms with van der Waals surface area (Å²) in [6.45, 7) is 2.16. The molecule has 3 aromatic rings. The molecule has 4 nitrogen and oxygen atoms in total. The van der Waals surface area contributed by atoms with E-state index in [-0.39, 0.29) is 11.9 Å². The van der Waals surface area contributed by atoms with Crippen LogP contribution >= 0.6 is 11.3 Å². The van der Waals surface area contributed by atoms with Crippen molar-refractivity contribution in [3.8, 4) is 0 Å². The summed E-state index contributed by atoms with van der Waals surface area (Å²) in [7, 11) is 0. The van der Waals surface area contributed by atoms with E-state index in [1.165, 1.54) is 4.88 Å². The van der Waals surface area contributed by atoms with Crippen LogP contribution in [0.2, 0.25) is 0 Å². The van der Waals surface area contributed by atoms with E-state index in [0.29, 0.717) is 5.82 Å². The minimum absolute atomic E-state index is 0.214. The fraction of sp³-hybridized carbons (Fsp3) is 0.143. The van der Waals surface area contributed by atoms with Gasteiger partial charge >= 0.3 is 0 Å². The van der Waals surface area contributed by atoms with Gasteiger partial charge in [0.15, 0.2) is 0 Å². The van der Waals surface area contributed by atoms with Crippen LogP contribution in [-0.2, 0) is 0 Å². The Bertz CT molecular complexity index is 722. The molecule has 0 aliphatic carbocycles. The summed E-state index contributed by atoms with van der Waals surface area (Å²) in [5.74, 6) is 0.922. The van der Waals surface area contributed by atoms with Gasteiger partial charge in [-0.3, -0.25) is 0 Å². The largest absolute Gasteiger partial charge is 0.383 e. The second kappa shape index (κ2) is 4.51. The summed E-state index contributed by atoms with van der Waals surface area (Å²) in [6.07, 6.45) is 0. The van der Waals surface area contributed by atoms with E-state index in [4.69, 9.17) is 11.5 Å². The van der Waals surface area contributed by atoms with E-state index in [1.807, 2.05) is 12.1 Å². The van der Waals surface area contributed by atoms with Crippen molar-refractivity contribution < 1.29 is 0 Å². The van der Waals surface area contributed by atoms with Gasteiger partial charge in [-0.25, -0.2) is 4.98 Å². The lowest BCUT2D eigenvalue weighted by Gasteiger charge is -2.14. The highest BCUT2D eigenvalue weighted by Crippen LogP contribution is 2.34. The third-order valence-electron chi connectivity index (χ3n) is 3.24. The number of rotatable bonds is 2. The number of anilines is 2. The Balaban J connectivity index is 2.24. The highest BCUT2D eigenvalue weighted by Gasteiger charge is 2.15. The Hall–Kier alpha value is -2.14. The number of benzene rings is 1. The topological polar surface area (TPSA) is 77.8 Å². The van der Waals surface area contributed by atoms with Crippen LogP contribution < -0.4 is 11.5 Å². The molecule has 3 rings (SSSR count). The first-order valence-corrected chi connectivity index (χ1v) is 6.90. The number of nitrogens with zero attached hydrogens (tertiary/aromatic N) is 2. The quantitative estimate of drug-likeness (QED) is 0.750. The molecule has 4 N–H and O–H groups in total. The minimum atomic E-state index is 0.214. The van der Waals surface area contributed by atoms with E-state index < -0.39 is 0 Å². The van der Waals surface area contributed by atoms with Gasteiger partial charge in [-0.2, -0.15) is 4.98 Å². The lowest BCUT2D eigenvalue weighted by atomic mass is 9.95. The normalized spacial score (nSPS) is 12.7. The molecule has 0 spiro atoms. The van der Waals surface area contributed by atoms with Gasteiger partial charge in [0.05, 0.1) is 5.52 Å². The van der Waals surface area contributed by atoms with Gasteiger partial charge in [0, 0.05) is 16.2 Å². The minimum Gasteiger partial charge on any atom is -0.383 e. The average Bonchev–Trinajstić information content (AvgIpc) is 2.90. The van der Waals surface area contributed by atoms with Crippen LogP contribution in [0, 0.1) is 0 Å². The first-order chi connectivity index (χ1) is 9.16. The smallest absolute Gasteiger partial charge is 0.222 e. The lowest BCUT2D eigenvalue weighted by molar-refractivity contribution is 0.958. The number of aromatic nitrogens is 2. The van der Waals surface area contributed by atoms with E-state index in [0.717, 1.165) is 16.5 Å². The van der Waals surface area contributed by atoms with E-state index in [9.17, 15) is 0 Å². The maximum atomic E-state index is 6.02. The Morgan fingerprint density at radius 2 is 1.95 bits per heavy atom. The van der Waals surface area contributed by atoms with Crippen LogP contribution in [0.15, 0.2) is 35.7 Å². The summed E-state index contributed by atoms with van der Waals surface area (Å²) >= 11 is 1.74. The zero-order chi connectivity index (χ0) is 13.4. The molecule has 0 amide bonds. The van der Waals surface area contributed by atoms with E-state index >= 15 is 0 Å². The van der Waals surface area contributed by atoms with Crippen molar-refractivity contribution in [2.75, 3.05) is 11.5 Å². The summed E-state index contributed by atoms with van der Waals surface area (Å²) in [4.78, 5) is 9.62. The van der Waals surface area contributed by atoms with Crippen LogP contribution in [0.3, 0.4) is 0 Å². The van der Waals surface area contributed by atoms with Gasteiger partial charge in [-0.1, -0.05) is 25.1 Å². The standard InChI is InChI=1S/C14H14N4S/c1-8(11-6-3-7-19-11)9-4-2-5-10-12(9)13(15)18-14(16)17-10/h2-8H,1H3,(H4,15,16,17,18). The predicted molar refractivity (Wildman–Crippen MR) is 80.2 cm³/mol. The van der Waals surface area contributed by atoms with E-state index in [2.05, 4.69) is 40.5 Å². The molecule has 1 atom stereocenters. The second-order valence-electron chi connectivity index (χ2n) is 4.45. The molecule has 0 aliphatic heterocycles. The Morgan fingerprint density at radius 1 is 1.11 bits per heavy atom. The maximum absolute atomic E-state index is 6.02. The fourth-order valence-electron chi connectivity index (χ4n) is 2.31. The number of nitrogens with two attached hydrogens (primary N) is 2. The fourth-order valence-corrected chi connectivity index (χ4v) is 3.11. The van der Waals surface area contributed by atoms with E-state index in [1.54, 1.807) is 11.3 Å². The molecule has 0 fully saturated rings. The zero-order valence-electron chi connectivity index (χ0n) is 10.5. The molecular formula is C14H14N4S. The Kier molecular flexibility index (Phi) is 2.83. The number of nitrogen functional groups attached to an aromatic ring is 2. The van der Waals surface area contributed by atoms with Gasteiger partial charge in [0.1, 0.15) is 5.82 Å². The molecule has 2 aromatic heterocycles. The summed E-state index contributed by atoms with van der Waals surface area (Å²) in [5, 5.41) is 2.98. The zero-order valence-corrected chi connectivity index (χ0v) is 11.3. The van der Waals surface area contributed by atoms with Crippen molar-refractivity contribution in [3.05, 3.63) is 46.2 Å². The Labute approximate surface area is 115 Å². The predicted octanol–water partition coefficient (Wildman–Crippen LogP) is 3.01. The number of hydrogen-bond acceptors (Lipinski definition) is 5. The summed E-state index contributed by atoms with van der Waals surface area (Å²) in [5.41, 5.74) is 13.6. The second-order valence-corrected chi connectivity index (χ2v) is 5.42. The van der Waals surface area contributed by atoms with Crippen LogP contribution in [0.1, 0.15) is 23.3 Å². The van der Waals surface area contributed by atoms with Crippen LogP contribution in [0.4, 0.5) is 11.8 Å². The molecule has 0 saturated carbocycles. The highest BCUT2D eigenvalue weighted by molar-refractivity contribution is 7.10. The van der Waals surface area contributed by atoms with Gasteiger partial charge in [-0.15, -0.1) is 11.3 Å². The maximum Gasteiger partial charge on any atom is 0.222 e. The third kappa shape index (κ3) is 2.02. The molecule has 2 heterocycles. The van der Waals surface area contributed by atoms with Crippen LogP contribution in [-0.4, -0.2) is 9.97 Å². The number of fused-ring (bicyclic) bond motifs is 1. The molecule has 0 bridgehead atoms. The highest BCUT2D eigenvalue weighted by atomic mass is 32.1. The lowest BCUT2D eigenvalue weighted by Crippen LogP contribution is -2.04. The van der Waals surface area contributed by atoms with Gasteiger partial charge < -0.3 is 11.5 Å². The molecular weight excluding hydrogens is 256 g/mol. The van der Waals surface area contributed by atoms with Gasteiger partial charge in [-0.05, 0) is 23.1 Å². The SMILES string of the molecule is CC(c1cccs1)c1cccc2nc(N)nc(N)c12. The molecule has 0 saturated heterocycles. The molecule has 1 unspecified atom stereocenters. The molecule has 1 aromatic carbocycles. The van der Waals surface area contributed by atoms with Crippen molar-refractivity contribution in [3.63, 3.8) is 0 Å². The Morgan fingerprint density at radius 3 is 2.68 bits per heavy atom. The monoisotopic (exact) mass is 270 g/mol. The molecule has 19 heavy (non-hydrogen) atoms. The molecule has 5 heteroatoms. The van der Waals surface area contributed by atoms with Crippen molar-refractivity contribution in [2.45, 2.75) is 12.8 Å². The first-order valence-electron chi connectivity index (χ1n) is 6.02. The summed E-state index contributed by atoms with van der Waals surface area (Å²) in [6, 6.07) is 10.1. The van der Waals surface area contributed by atoms with Crippen molar-refractivity contribution >= 4 is 34.0 Å². The van der Waals surface area contributed by atoms with Crippen molar-refractivity contribution in [1.82, 2.24) is 9.97 Å². The third-order valence-corrected chi connectivity index (χ3v) is 4.29. The average molecular weight is 270 g/mol. The van der Waals surface area contributed by atoms with Gasteiger partial charge in [0.2, 0.25) is 5.95 Å². The number of hydrogen-bond donors (Lipinski definition) is 2. The first kappa shape index (κ1) is 11.9. The van der Waals surface area contributed by atoms with Gasteiger partial charge in [0.25, 0.3) is 0 Å². The summed E-state index contributed by atoms with van der Waals surface area (Å²) < 4.78 is 0. The molecule has 0 aliphatic rings. The molecule has 96 valence electrons. The van der Waals surface area contributed by atoms with Crippen molar-refractivity contribution in [1.29, 1.82) is 0 Å². The van der Waals surface area contributed by atoms with Crippen molar-refractivity contribution in [2.24, 2.45) is 0 Å². The van der Waals surface area contributed by atoms with Crippen LogP contribution in [0.25, 0.3) is 10.9 Å². The van der Waals surface area contributed by atoms with Crippen LogP contribution in [0.5, 0.6) is 0 Å². The molecule has 0 radical (unpaired) electrons.